The fourth-order valence-electron chi connectivity index (χ4n) is 3.99. The minimum Gasteiger partial charge on any atom is -0.507 e. The van der Waals surface area contributed by atoms with Crippen LogP contribution in [0.3, 0.4) is 0 Å². The molecule has 0 aliphatic carbocycles. The van der Waals surface area contributed by atoms with Crippen LogP contribution in [0.1, 0.15) is 27.6 Å². The molecule has 1 fully saturated rings. The molecule has 0 radical (unpaired) electrons. The number of Topliss-reactive ketones (excluding diaryl/α,β-unsaturated/α-hetero) is 1. The van der Waals surface area contributed by atoms with Crippen LogP contribution in [0.25, 0.3) is 5.76 Å². The summed E-state index contributed by atoms with van der Waals surface area (Å²) < 4.78 is 5.87. The van der Waals surface area contributed by atoms with Gasteiger partial charge in [-0.05, 0) is 62.3 Å². The predicted molar refractivity (Wildman–Crippen MR) is 134 cm³/mol. The van der Waals surface area contributed by atoms with Gasteiger partial charge in [0.15, 0.2) is 0 Å². The summed E-state index contributed by atoms with van der Waals surface area (Å²) in [6, 6.07) is 18.2. The standard InChI is InChI=1S/C27H28N2O4S/c1-18-6-4-7-19(16-18)17-33-21-11-9-20(10-12-21)25(30)23-24(22-8-5-15-34-22)29(14-13-28(2)3)27(32)26(23)31/h4-12,15-16,24,30H,13-14,17H2,1-3H3/t24-/m0/s1. The van der Waals surface area contributed by atoms with Gasteiger partial charge in [-0.3, -0.25) is 9.59 Å². The highest BCUT2D eigenvalue weighted by molar-refractivity contribution is 7.10. The molecule has 3 aromatic rings. The minimum absolute atomic E-state index is 0.125. The number of hydrogen-bond acceptors (Lipinski definition) is 6. The Morgan fingerprint density at radius 2 is 1.85 bits per heavy atom. The highest BCUT2D eigenvalue weighted by Crippen LogP contribution is 2.41. The van der Waals surface area contributed by atoms with Gasteiger partial charge in [-0.2, -0.15) is 0 Å². The van der Waals surface area contributed by atoms with Crippen LogP contribution in [0.4, 0.5) is 0 Å². The van der Waals surface area contributed by atoms with Gasteiger partial charge in [0.25, 0.3) is 11.7 Å². The van der Waals surface area contributed by atoms with E-state index in [0.717, 1.165) is 10.4 Å². The lowest BCUT2D eigenvalue weighted by Gasteiger charge is -2.25. The largest absolute Gasteiger partial charge is 0.507 e. The number of amides is 1. The molecular weight excluding hydrogens is 448 g/mol. The molecule has 34 heavy (non-hydrogen) atoms. The van der Waals surface area contributed by atoms with Gasteiger partial charge < -0.3 is 19.6 Å². The van der Waals surface area contributed by atoms with Crippen molar-refractivity contribution in [1.29, 1.82) is 0 Å². The topological polar surface area (TPSA) is 70.1 Å². The molecule has 7 heteroatoms. The van der Waals surface area contributed by atoms with Crippen LogP contribution in [0.5, 0.6) is 5.75 Å². The van der Waals surface area contributed by atoms with Gasteiger partial charge in [0.05, 0.1) is 11.6 Å². The van der Waals surface area contributed by atoms with E-state index in [1.165, 1.54) is 16.9 Å². The van der Waals surface area contributed by atoms with E-state index in [2.05, 4.69) is 6.07 Å². The number of carbonyl (C=O) groups is 2. The lowest BCUT2D eigenvalue weighted by Crippen LogP contribution is -2.35. The summed E-state index contributed by atoms with van der Waals surface area (Å²) in [4.78, 5) is 30.2. The number of rotatable bonds is 8. The molecule has 0 spiro atoms. The highest BCUT2D eigenvalue weighted by Gasteiger charge is 2.46. The van der Waals surface area contributed by atoms with Crippen LogP contribution in [0, 0.1) is 6.92 Å². The molecule has 0 unspecified atom stereocenters. The van der Waals surface area contributed by atoms with E-state index >= 15 is 0 Å². The Bertz CT molecular complexity index is 1200. The lowest BCUT2D eigenvalue weighted by molar-refractivity contribution is -0.140. The molecule has 1 atom stereocenters. The average Bonchev–Trinajstić information content (AvgIpc) is 3.43. The number of nitrogens with zero attached hydrogens (tertiary/aromatic N) is 2. The van der Waals surface area contributed by atoms with E-state index in [4.69, 9.17) is 4.74 Å². The van der Waals surface area contributed by atoms with Crippen molar-refractivity contribution in [1.82, 2.24) is 9.80 Å². The Labute approximate surface area is 203 Å². The molecule has 0 bridgehead atoms. The summed E-state index contributed by atoms with van der Waals surface area (Å²) in [5.41, 5.74) is 2.83. The van der Waals surface area contributed by atoms with Crippen molar-refractivity contribution in [2.24, 2.45) is 0 Å². The van der Waals surface area contributed by atoms with Crippen LogP contribution >= 0.6 is 11.3 Å². The van der Waals surface area contributed by atoms with Crippen molar-refractivity contribution >= 4 is 28.8 Å². The number of carbonyl (C=O) groups excluding carboxylic acids is 2. The summed E-state index contributed by atoms with van der Waals surface area (Å²) >= 11 is 1.46. The van der Waals surface area contributed by atoms with Crippen molar-refractivity contribution in [3.63, 3.8) is 0 Å². The van der Waals surface area contributed by atoms with Crippen molar-refractivity contribution in [2.45, 2.75) is 19.6 Å². The molecule has 1 N–H and O–H groups in total. The number of ether oxygens (including phenoxy) is 1. The number of ketones is 1. The van der Waals surface area contributed by atoms with Gasteiger partial charge >= 0.3 is 0 Å². The first-order valence-corrected chi connectivity index (χ1v) is 12.0. The summed E-state index contributed by atoms with van der Waals surface area (Å²) in [5, 5.41) is 13.0. The van der Waals surface area contributed by atoms with Gasteiger partial charge in [0, 0.05) is 23.5 Å². The smallest absolute Gasteiger partial charge is 0.295 e. The summed E-state index contributed by atoms with van der Waals surface area (Å²) in [5.74, 6) is -0.761. The van der Waals surface area contributed by atoms with Gasteiger partial charge in [-0.25, -0.2) is 0 Å². The van der Waals surface area contributed by atoms with Gasteiger partial charge in [0.1, 0.15) is 18.1 Å². The Morgan fingerprint density at radius 3 is 2.50 bits per heavy atom. The molecule has 176 valence electrons. The molecule has 1 aliphatic heterocycles. The second-order valence-electron chi connectivity index (χ2n) is 8.61. The number of aliphatic hydroxyl groups is 1. The first kappa shape index (κ1) is 23.7. The Hall–Kier alpha value is -3.42. The molecular formula is C27H28N2O4S. The zero-order chi connectivity index (χ0) is 24.2. The number of aliphatic hydroxyl groups excluding tert-OH is 1. The monoisotopic (exact) mass is 476 g/mol. The molecule has 4 rings (SSSR count). The van der Waals surface area contributed by atoms with Crippen LogP contribution < -0.4 is 4.74 Å². The maximum absolute atomic E-state index is 13.0. The quantitative estimate of drug-likeness (QED) is 0.292. The summed E-state index contributed by atoms with van der Waals surface area (Å²) in [7, 11) is 3.83. The predicted octanol–water partition coefficient (Wildman–Crippen LogP) is 4.62. The van der Waals surface area contributed by atoms with Crippen LogP contribution in [-0.2, 0) is 16.2 Å². The number of likely N-dealkylation sites (N-methyl/N-ethyl adjacent to an activating group) is 1. The van der Waals surface area contributed by atoms with Crippen molar-refractivity contribution < 1.29 is 19.4 Å². The molecule has 1 aliphatic rings. The van der Waals surface area contributed by atoms with Crippen LogP contribution in [0.2, 0.25) is 0 Å². The number of likely N-dealkylation sites (tertiary alicyclic amines) is 1. The number of thiophene rings is 1. The third kappa shape index (κ3) is 5.05. The Balaban J connectivity index is 1.60. The highest BCUT2D eigenvalue weighted by atomic mass is 32.1. The number of aryl methyl sites for hydroxylation is 1. The zero-order valence-corrected chi connectivity index (χ0v) is 20.3. The van der Waals surface area contributed by atoms with E-state index in [9.17, 15) is 14.7 Å². The van der Waals surface area contributed by atoms with E-state index in [1.807, 2.05) is 61.6 Å². The van der Waals surface area contributed by atoms with E-state index in [-0.39, 0.29) is 11.3 Å². The van der Waals surface area contributed by atoms with Gasteiger partial charge in [-0.1, -0.05) is 35.9 Å². The third-order valence-corrected chi connectivity index (χ3v) is 6.68. The van der Waals surface area contributed by atoms with E-state index in [0.29, 0.717) is 31.0 Å². The van der Waals surface area contributed by atoms with E-state index < -0.39 is 17.7 Å². The fraction of sp³-hybridized carbons (Fsp3) is 0.259. The van der Waals surface area contributed by atoms with Crippen molar-refractivity contribution in [2.75, 3.05) is 27.2 Å². The molecule has 1 aromatic heterocycles. The third-order valence-electron chi connectivity index (χ3n) is 5.76. The first-order valence-electron chi connectivity index (χ1n) is 11.1. The lowest BCUT2D eigenvalue weighted by atomic mass is 10.00. The molecule has 6 nitrogen and oxygen atoms in total. The van der Waals surface area contributed by atoms with Crippen LogP contribution in [-0.4, -0.2) is 53.8 Å². The van der Waals surface area contributed by atoms with Gasteiger partial charge in [-0.15, -0.1) is 11.3 Å². The van der Waals surface area contributed by atoms with Crippen molar-refractivity contribution in [3.05, 3.63) is 93.2 Å². The molecule has 2 aromatic carbocycles. The van der Waals surface area contributed by atoms with Gasteiger partial charge in [0.2, 0.25) is 0 Å². The molecule has 1 saturated heterocycles. The molecule has 2 heterocycles. The number of hydrogen-bond donors (Lipinski definition) is 1. The average molecular weight is 477 g/mol. The molecule has 0 saturated carbocycles. The summed E-state index contributed by atoms with van der Waals surface area (Å²) in [6.07, 6.45) is 0. The maximum Gasteiger partial charge on any atom is 0.295 e. The second kappa shape index (κ2) is 10.2. The first-order chi connectivity index (χ1) is 16.3. The minimum atomic E-state index is -0.658. The Morgan fingerprint density at radius 1 is 1.09 bits per heavy atom. The normalized spacial score (nSPS) is 17.5. The maximum atomic E-state index is 13.0. The van der Waals surface area contributed by atoms with Crippen LogP contribution in [0.15, 0.2) is 71.6 Å². The summed E-state index contributed by atoms with van der Waals surface area (Å²) in [6.45, 7) is 3.47. The van der Waals surface area contributed by atoms with E-state index in [1.54, 1.807) is 29.2 Å². The van der Waals surface area contributed by atoms with Crippen molar-refractivity contribution in [3.8, 4) is 5.75 Å². The SMILES string of the molecule is Cc1cccc(COc2ccc(C(O)=C3C(=O)C(=O)N(CCN(C)C)[C@H]3c3cccs3)cc2)c1. The number of benzene rings is 2. The Kier molecular flexibility index (Phi) is 7.14. The molecule has 1 amide bonds. The second-order valence-corrected chi connectivity index (χ2v) is 9.59. The zero-order valence-electron chi connectivity index (χ0n) is 19.5. The fourth-order valence-corrected chi connectivity index (χ4v) is 4.84.